The molecule has 0 spiro atoms. The van der Waals surface area contributed by atoms with Gasteiger partial charge in [0.2, 0.25) is 0 Å². The van der Waals surface area contributed by atoms with Crippen LogP contribution < -0.4 is 0 Å². The van der Waals surface area contributed by atoms with Crippen molar-refractivity contribution in [1.29, 1.82) is 0 Å². The highest BCUT2D eigenvalue weighted by atomic mass is 15.4. The van der Waals surface area contributed by atoms with E-state index in [1.165, 1.54) is 12.1 Å². The molecule has 2 aliphatic heterocycles. The van der Waals surface area contributed by atoms with Crippen molar-refractivity contribution in [1.82, 2.24) is 29.5 Å². The monoisotopic (exact) mass is 298 g/mol. The lowest BCUT2D eigenvalue weighted by Gasteiger charge is -2.33. The van der Waals surface area contributed by atoms with Gasteiger partial charge in [-0.2, -0.15) is 0 Å². The Morgan fingerprint density at radius 3 is 2.45 bits per heavy atom. The average Bonchev–Trinajstić information content (AvgIpc) is 3.19. The minimum atomic E-state index is 0.644. The molecule has 2 aromatic heterocycles. The van der Waals surface area contributed by atoms with Crippen molar-refractivity contribution in [2.75, 3.05) is 13.1 Å². The summed E-state index contributed by atoms with van der Waals surface area (Å²) in [6, 6.07) is 7.46. The zero-order chi connectivity index (χ0) is 15.1. The first-order valence-electron chi connectivity index (χ1n) is 7.93. The average molecular weight is 298 g/mol. The molecule has 116 valence electrons. The Kier molecular flexibility index (Phi) is 3.43. The maximum absolute atomic E-state index is 4.45. The van der Waals surface area contributed by atoms with E-state index in [1.54, 1.807) is 0 Å². The number of fused-ring (bicyclic) bond motifs is 2. The van der Waals surface area contributed by atoms with Crippen molar-refractivity contribution >= 4 is 0 Å². The van der Waals surface area contributed by atoms with E-state index in [4.69, 9.17) is 0 Å². The number of piperazine rings is 1. The third-order valence-corrected chi connectivity index (χ3v) is 5.09. The number of aryl methyl sites for hydroxylation is 1. The van der Waals surface area contributed by atoms with Crippen LogP contribution in [0.1, 0.15) is 23.8 Å². The molecule has 2 atom stereocenters. The molecule has 2 aromatic rings. The minimum absolute atomic E-state index is 0.644. The number of hydrogen-bond acceptors (Lipinski definition) is 5. The first kappa shape index (κ1) is 13.8. The predicted octanol–water partition coefficient (Wildman–Crippen LogP) is 0.977. The normalized spacial score (nSPS) is 25.2. The van der Waals surface area contributed by atoms with Crippen LogP contribution >= 0.6 is 0 Å². The molecule has 0 aliphatic carbocycles. The molecular weight excluding hydrogens is 276 g/mol. The molecule has 0 N–H and O–H groups in total. The van der Waals surface area contributed by atoms with Gasteiger partial charge in [-0.05, 0) is 25.5 Å². The van der Waals surface area contributed by atoms with Crippen molar-refractivity contribution in [3.05, 3.63) is 41.7 Å². The molecule has 0 aromatic carbocycles. The summed E-state index contributed by atoms with van der Waals surface area (Å²) in [7, 11) is 2.05. The van der Waals surface area contributed by atoms with Gasteiger partial charge >= 0.3 is 0 Å². The predicted molar refractivity (Wildman–Crippen MR) is 83.0 cm³/mol. The lowest BCUT2D eigenvalue weighted by atomic mass is 10.2. The van der Waals surface area contributed by atoms with Crippen molar-refractivity contribution in [2.24, 2.45) is 7.05 Å². The van der Waals surface area contributed by atoms with Gasteiger partial charge in [0.25, 0.3) is 0 Å². The molecule has 6 nitrogen and oxygen atoms in total. The van der Waals surface area contributed by atoms with E-state index in [9.17, 15) is 0 Å². The second-order valence-corrected chi connectivity index (χ2v) is 6.45. The fourth-order valence-electron chi connectivity index (χ4n) is 3.69. The molecule has 2 aliphatic rings. The number of rotatable bonds is 4. The van der Waals surface area contributed by atoms with Crippen LogP contribution in [0.2, 0.25) is 0 Å². The van der Waals surface area contributed by atoms with Crippen LogP contribution in [-0.2, 0) is 20.1 Å². The van der Waals surface area contributed by atoms with Crippen LogP contribution in [0.3, 0.4) is 0 Å². The molecule has 4 rings (SSSR count). The fourth-order valence-corrected chi connectivity index (χ4v) is 3.69. The zero-order valence-corrected chi connectivity index (χ0v) is 13.2. The van der Waals surface area contributed by atoms with E-state index in [-0.39, 0.29) is 0 Å². The highest BCUT2D eigenvalue weighted by molar-refractivity contribution is 5.07. The van der Waals surface area contributed by atoms with Gasteiger partial charge < -0.3 is 4.57 Å². The number of likely N-dealkylation sites (tertiary alicyclic amines) is 2. The minimum Gasteiger partial charge on any atom is -0.317 e. The van der Waals surface area contributed by atoms with Crippen LogP contribution in [0.4, 0.5) is 0 Å². The smallest absolute Gasteiger partial charge is 0.146 e. The Morgan fingerprint density at radius 2 is 1.86 bits per heavy atom. The molecule has 22 heavy (non-hydrogen) atoms. The summed E-state index contributed by atoms with van der Waals surface area (Å²) in [4.78, 5) is 9.58. The number of pyridine rings is 1. The molecule has 0 amide bonds. The number of nitrogens with zero attached hydrogens (tertiary/aromatic N) is 6. The van der Waals surface area contributed by atoms with E-state index in [0.717, 1.165) is 37.8 Å². The Labute approximate surface area is 130 Å². The Hall–Kier alpha value is -1.79. The topological polar surface area (TPSA) is 50.1 Å². The van der Waals surface area contributed by atoms with Crippen molar-refractivity contribution in [2.45, 2.75) is 38.5 Å². The molecule has 6 heteroatoms. The van der Waals surface area contributed by atoms with E-state index < -0.39 is 0 Å². The Morgan fingerprint density at radius 1 is 1.09 bits per heavy atom. The molecule has 0 radical (unpaired) electrons. The zero-order valence-electron chi connectivity index (χ0n) is 13.2. The molecule has 2 saturated heterocycles. The van der Waals surface area contributed by atoms with Gasteiger partial charge in [-0.1, -0.05) is 6.07 Å². The van der Waals surface area contributed by atoms with Gasteiger partial charge in [0.15, 0.2) is 0 Å². The second kappa shape index (κ2) is 5.44. The quantitative estimate of drug-likeness (QED) is 0.842. The van der Waals surface area contributed by atoms with E-state index in [1.807, 2.05) is 26.2 Å². The van der Waals surface area contributed by atoms with Crippen LogP contribution in [0.5, 0.6) is 0 Å². The van der Waals surface area contributed by atoms with Crippen LogP contribution in [-0.4, -0.2) is 54.7 Å². The van der Waals surface area contributed by atoms with E-state index in [0.29, 0.717) is 12.1 Å². The van der Waals surface area contributed by atoms with Crippen molar-refractivity contribution in [3.8, 4) is 0 Å². The highest BCUT2D eigenvalue weighted by Crippen LogP contribution is 2.32. The summed E-state index contributed by atoms with van der Waals surface area (Å²) in [6.07, 6.45) is 3.15. The lowest BCUT2D eigenvalue weighted by Crippen LogP contribution is -2.45. The summed E-state index contributed by atoms with van der Waals surface area (Å²) in [6.45, 7) is 6.15. The van der Waals surface area contributed by atoms with Gasteiger partial charge in [-0.15, -0.1) is 10.2 Å². The number of aromatic nitrogens is 4. The van der Waals surface area contributed by atoms with Crippen LogP contribution in [0, 0.1) is 6.92 Å². The molecule has 4 heterocycles. The summed E-state index contributed by atoms with van der Waals surface area (Å²) < 4.78 is 2.09. The molecule has 0 saturated carbocycles. The first-order valence-corrected chi connectivity index (χ1v) is 7.93. The second-order valence-electron chi connectivity index (χ2n) is 6.45. The Bertz CT molecular complexity index is 652. The van der Waals surface area contributed by atoms with Gasteiger partial charge in [-0.25, -0.2) is 0 Å². The molecular formula is C16H22N6. The first-order chi connectivity index (χ1) is 10.7. The van der Waals surface area contributed by atoms with Gasteiger partial charge in [0.1, 0.15) is 11.6 Å². The third kappa shape index (κ3) is 2.42. The molecule has 2 unspecified atom stereocenters. The summed E-state index contributed by atoms with van der Waals surface area (Å²) >= 11 is 0. The lowest BCUT2D eigenvalue weighted by molar-refractivity contribution is 0.114. The van der Waals surface area contributed by atoms with E-state index in [2.05, 4.69) is 41.7 Å². The van der Waals surface area contributed by atoms with Crippen LogP contribution in [0.25, 0.3) is 0 Å². The summed E-state index contributed by atoms with van der Waals surface area (Å²) in [5.41, 5.74) is 1.17. The third-order valence-electron chi connectivity index (χ3n) is 5.09. The van der Waals surface area contributed by atoms with E-state index >= 15 is 0 Å². The highest BCUT2D eigenvalue weighted by Gasteiger charge is 2.43. The Balaban J connectivity index is 1.39. The van der Waals surface area contributed by atoms with Gasteiger partial charge in [0, 0.05) is 45.0 Å². The van der Waals surface area contributed by atoms with Gasteiger partial charge in [0.05, 0.1) is 12.2 Å². The fraction of sp³-hybridized carbons (Fsp3) is 0.562. The standard InChI is InChI=1S/C16H22N6/c1-12-18-19-16(20(12)2)11-22-10-14-7-15(22)9-21(14)8-13-5-3-4-6-17-13/h3-6,14-15H,7-11H2,1-2H3. The van der Waals surface area contributed by atoms with Crippen molar-refractivity contribution in [3.63, 3.8) is 0 Å². The number of hydrogen-bond donors (Lipinski definition) is 0. The summed E-state index contributed by atoms with van der Waals surface area (Å²) in [5.74, 6) is 2.05. The van der Waals surface area contributed by atoms with Crippen molar-refractivity contribution < 1.29 is 0 Å². The van der Waals surface area contributed by atoms with Crippen LogP contribution in [0.15, 0.2) is 24.4 Å². The molecule has 2 bridgehead atoms. The SMILES string of the molecule is Cc1nnc(CN2CC3CC2CN3Cc2ccccn2)n1C. The maximum Gasteiger partial charge on any atom is 0.146 e. The largest absolute Gasteiger partial charge is 0.317 e. The molecule has 2 fully saturated rings. The maximum atomic E-state index is 4.45. The summed E-state index contributed by atoms with van der Waals surface area (Å²) in [5, 5.41) is 8.46. The van der Waals surface area contributed by atoms with Gasteiger partial charge in [-0.3, -0.25) is 14.8 Å².